The molecule has 1 atom stereocenters. The molecule has 29 heavy (non-hydrogen) atoms. The van der Waals surface area contributed by atoms with E-state index in [0.717, 1.165) is 22.5 Å². The summed E-state index contributed by atoms with van der Waals surface area (Å²) in [5.41, 5.74) is 2.07. The van der Waals surface area contributed by atoms with E-state index in [4.69, 9.17) is 23.2 Å². The number of hydrogen-bond acceptors (Lipinski definition) is 6. The van der Waals surface area contributed by atoms with Gasteiger partial charge in [-0.2, -0.15) is 0 Å². The van der Waals surface area contributed by atoms with Gasteiger partial charge in [0.1, 0.15) is 0 Å². The minimum absolute atomic E-state index is 0.0318. The standard InChI is InChI=1S/C18H16Cl2N4O3S2/c1-10-3-5-12(6-4-10)11(2)24-29(26,27)18-23-22-17(28-18)21-16(25)14-8-7-13(19)9-15(14)20/h3-9,11,24H,1-2H3,(H,21,22,25)/t11-/m0/s1. The number of rotatable bonds is 6. The molecule has 0 spiro atoms. The molecule has 7 nitrogen and oxygen atoms in total. The average Bonchev–Trinajstić information content (AvgIpc) is 3.11. The van der Waals surface area contributed by atoms with E-state index in [0.29, 0.717) is 5.02 Å². The van der Waals surface area contributed by atoms with Crippen molar-refractivity contribution < 1.29 is 13.2 Å². The number of aryl methyl sites for hydroxylation is 1. The summed E-state index contributed by atoms with van der Waals surface area (Å²) < 4.78 is 27.5. The Morgan fingerprint density at radius 1 is 1.10 bits per heavy atom. The van der Waals surface area contributed by atoms with Gasteiger partial charge in [0.2, 0.25) is 9.47 Å². The molecule has 3 rings (SSSR count). The number of hydrogen-bond donors (Lipinski definition) is 2. The van der Waals surface area contributed by atoms with E-state index in [1.54, 1.807) is 6.92 Å². The zero-order valence-electron chi connectivity index (χ0n) is 15.3. The molecule has 0 fully saturated rings. The van der Waals surface area contributed by atoms with Crippen molar-refractivity contribution in [2.45, 2.75) is 24.2 Å². The number of sulfonamides is 1. The van der Waals surface area contributed by atoms with E-state index in [1.807, 2.05) is 31.2 Å². The Morgan fingerprint density at radius 2 is 1.79 bits per heavy atom. The topological polar surface area (TPSA) is 101 Å². The first kappa shape index (κ1) is 21.7. The molecule has 1 aromatic heterocycles. The molecule has 0 bridgehead atoms. The summed E-state index contributed by atoms with van der Waals surface area (Å²) in [6, 6.07) is 11.5. The van der Waals surface area contributed by atoms with Gasteiger partial charge in [-0.25, -0.2) is 13.1 Å². The van der Waals surface area contributed by atoms with Crippen molar-refractivity contribution in [3.05, 3.63) is 69.2 Å². The molecule has 11 heteroatoms. The zero-order valence-corrected chi connectivity index (χ0v) is 18.5. The summed E-state index contributed by atoms with van der Waals surface area (Å²) in [6.07, 6.45) is 0. The minimum atomic E-state index is -3.91. The number of halogens is 2. The summed E-state index contributed by atoms with van der Waals surface area (Å²) in [5, 5.41) is 10.5. The van der Waals surface area contributed by atoms with Crippen molar-refractivity contribution in [1.82, 2.24) is 14.9 Å². The van der Waals surface area contributed by atoms with Gasteiger partial charge >= 0.3 is 0 Å². The lowest BCUT2D eigenvalue weighted by molar-refractivity contribution is 0.102. The second-order valence-electron chi connectivity index (χ2n) is 6.21. The van der Waals surface area contributed by atoms with E-state index < -0.39 is 22.0 Å². The molecule has 1 heterocycles. The number of carbonyl (C=O) groups excluding carboxylic acids is 1. The van der Waals surface area contributed by atoms with Gasteiger partial charge in [-0.3, -0.25) is 10.1 Å². The molecule has 0 aliphatic rings. The smallest absolute Gasteiger partial charge is 0.270 e. The van der Waals surface area contributed by atoms with Crippen LogP contribution in [0.15, 0.2) is 46.8 Å². The van der Waals surface area contributed by atoms with Crippen LogP contribution in [-0.2, 0) is 10.0 Å². The lowest BCUT2D eigenvalue weighted by Crippen LogP contribution is -2.26. The molecule has 0 aliphatic heterocycles. The fourth-order valence-electron chi connectivity index (χ4n) is 2.41. The number of nitrogens with one attached hydrogen (secondary N) is 2. The van der Waals surface area contributed by atoms with Crippen molar-refractivity contribution >= 4 is 55.6 Å². The van der Waals surface area contributed by atoms with Gasteiger partial charge in [-0.15, -0.1) is 10.2 Å². The van der Waals surface area contributed by atoms with Crippen LogP contribution in [0.5, 0.6) is 0 Å². The maximum absolute atomic E-state index is 12.6. The van der Waals surface area contributed by atoms with E-state index in [2.05, 4.69) is 20.2 Å². The number of anilines is 1. The molecule has 2 aromatic carbocycles. The quantitative estimate of drug-likeness (QED) is 0.518. The highest BCUT2D eigenvalue weighted by molar-refractivity contribution is 7.91. The first-order valence-electron chi connectivity index (χ1n) is 8.34. The third-order valence-corrected chi connectivity index (χ3v) is 7.24. The van der Waals surface area contributed by atoms with E-state index in [9.17, 15) is 13.2 Å². The largest absolute Gasteiger partial charge is 0.296 e. The lowest BCUT2D eigenvalue weighted by Gasteiger charge is -2.13. The first-order chi connectivity index (χ1) is 13.7. The van der Waals surface area contributed by atoms with Crippen LogP contribution in [0.25, 0.3) is 0 Å². The van der Waals surface area contributed by atoms with Crippen LogP contribution in [0.1, 0.15) is 34.5 Å². The van der Waals surface area contributed by atoms with Gasteiger partial charge in [0, 0.05) is 11.1 Å². The fraction of sp³-hybridized carbons (Fsp3) is 0.167. The van der Waals surface area contributed by atoms with Crippen LogP contribution in [0.4, 0.5) is 5.13 Å². The van der Waals surface area contributed by atoms with E-state index >= 15 is 0 Å². The Kier molecular flexibility index (Phi) is 6.55. The maximum atomic E-state index is 12.6. The van der Waals surface area contributed by atoms with Crippen molar-refractivity contribution in [1.29, 1.82) is 0 Å². The Hall–Kier alpha value is -2.04. The summed E-state index contributed by atoms with van der Waals surface area (Å²) >= 11 is 12.6. The third kappa shape index (κ3) is 5.31. The van der Waals surface area contributed by atoms with Gasteiger partial charge < -0.3 is 0 Å². The second kappa shape index (κ2) is 8.76. The van der Waals surface area contributed by atoms with Crippen LogP contribution >= 0.6 is 34.5 Å². The molecule has 152 valence electrons. The summed E-state index contributed by atoms with van der Waals surface area (Å²) in [5.74, 6) is -0.548. The molecule has 2 N–H and O–H groups in total. The predicted molar refractivity (Wildman–Crippen MR) is 114 cm³/mol. The highest BCUT2D eigenvalue weighted by Crippen LogP contribution is 2.25. The SMILES string of the molecule is Cc1ccc([C@H](C)NS(=O)(=O)c2nnc(NC(=O)c3ccc(Cl)cc3Cl)s2)cc1. The molecule has 0 unspecified atom stereocenters. The molecule has 0 saturated carbocycles. The number of carbonyl (C=O) groups is 1. The fourth-order valence-corrected chi connectivity index (χ4v) is 5.05. The molecule has 3 aromatic rings. The molecule has 0 aliphatic carbocycles. The Labute approximate surface area is 182 Å². The van der Waals surface area contributed by atoms with Crippen molar-refractivity contribution in [2.75, 3.05) is 5.32 Å². The summed E-state index contributed by atoms with van der Waals surface area (Å²) in [6.45, 7) is 3.68. The first-order valence-corrected chi connectivity index (χ1v) is 11.4. The molecule has 0 radical (unpaired) electrons. The minimum Gasteiger partial charge on any atom is -0.296 e. The zero-order chi connectivity index (χ0) is 21.2. The van der Waals surface area contributed by atoms with Crippen LogP contribution in [-0.4, -0.2) is 24.5 Å². The Balaban J connectivity index is 1.72. The maximum Gasteiger partial charge on any atom is 0.270 e. The predicted octanol–water partition coefficient (Wildman–Crippen LogP) is 4.45. The lowest BCUT2D eigenvalue weighted by atomic mass is 10.1. The second-order valence-corrected chi connectivity index (χ2v) is 9.91. The highest BCUT2D eigenvalue weighted by Gasteiger charge is 2.24. The summed E-state index contributed by atoms with van der Waals surface area (Å²) in [4.78, 5) is 12.3. The number of aromatic nitrogens is 2. The molecule has 1 amide bonds. The van der Waals surface area contributed by atoms with Crippen LogP contribution in [0, 0.1) is 6.92 Å². The molecular weight excluding hydrogens is 455 g/mol. The summed E-state index contributed by atoms with van der Waals surface area (Å²) in [7, 11) is -3.91. The molecular formula is C18H16Cl2N4O3S2. The van der Waals surface area contributed by atoms with Gasteiger partial charge in [0.15, 0.2) is 0 Å². The van der Waals surface area contributed by atoms with Gasteiger partial charge in [-0.1, -0.05) is 64.4 Å². The average molecular weight is 471 g/mol. The Bertz CT molecular complexity index is 1150. The van der Waals surface area contributed by atoms with Crippen LogP contribution in [0.3, 0.4) is 0 Å². The number of amides is 1. The van der Waals surface area contributed by atoms with Crippen LogP contribution < -0.4 is 10.0 Å². The van der Waals surface area contributed by atoms with Crippen molar-refractivity contribution in [3.63, 3.8) is 0 Å². The van der Waals surface area contributed by atoms with Gasteiger partial charge in [0.25, 0.3) is 15.9 Å². The van der Waals surface area contributed by atoms with Crippen molar-refractivity contribution in [3.8, 4) is 0 Å². The number of benzene rings is 2. The van der Waals surface area contributed by atoms with Crippen LogP contribution in [0.2, 0.25) is 10.0 Å². The normalized spacial score (nSPS) is 12.6. The van der Waals surface area contributed by atoms with Crippen molar-refractivity contribution in [2.24, 2.45) is 0 Å². The monoisotopic (exact) mass is 470 g/mol. The number of nitrogens with zero attached hydrogens (tertiary/aromatic N) is 2. The third-order valence-electron chi connectivity index (χ3n) is 3.94. The molecule has 0 saturated heterocycles. The van der Waals surface area contributed by atoms with E-state index in [-0.39, 0.29) is 20.1 Å². The van der Waals surface area contributed by atoms with Gasteiger partial charge in [0.05, 0.1) is 10.6 Å². The Morgan fingerprint density at radius 3 is 2.45 bits per heavy atom. The van der Waals surface area contributed by atoms with E-state index in [1.165, 1.54) is 18.2 Å². The van der Waals surface area contributed by atoms with Gasteiger partial charge in [-0.05, 0) is 37.6 Å². The highest BCUT2D eigenvalue weighted by atomic mass is 35.5.